The van der Waals surface area contributed by atoms with Gasteiger partial charge in [0.15, 0.2) is 0 Å². The van der Waals surface area contributed by atoms with Crippen LogP contribution in [0.25, 0.3) is 0 Å². The van der Waals surface area contributed by atoms with Gasteiger partial charge in [0.05, 0.1) is 17.7 Å². The molecule has 0 radical (unpaired) electrons. The summed E-state index contributed by atoms with van der Waals surface area (Å²) in [5.41, 5.74) is 0.665. The molecule has 1 heterocycles. The second-order valence-electron chi connectivity index (χ2n) is 5.40. The molecule has 1 aromatic heterocycles. The van der Waals surface area contributed by atoms with Gasteiger partial charge in [-0.25, -0.2) is 12.8 Å². The van der Waals surface area contributed by atoms with Gasteiger partial charge in [0.25, 0.3) is 15.9 Å². The van der Waals surface area contributed by atoms with E-state index in [0.717, 1.165) is 12.1 Å². The number of anilines is 1. The van der Waals surface area contributed by atoms with Crippen molar-refractivity contribution in [3.05, 3.63) is 84.1 Å². The number of furan rings is 1. The van der Waals surface area contributed by atoms with E-state index < -0.39 is 15.8 Å². The summed E-state index contributed by atoms with van der Waals surface area (Å²) in [4.78, 5) is 12.0. The van der Waals surface area contributed by atoms with E-state index in [1.165, 1.54) is 42.7 Å². The molecule has 0 atom stereocenters. The van der Waals surface area contributed by atoms with Crippen molar-refractivity contribution in [1.82, 2.24) is 5.32 Å². The van der Waals surface area contributed by atoms with Crippen molar-refractivity contribution in [2.75, 3.05) is 4.72 Å². The lowest BCUT2D eigenvalue weighted by atomic mass is 10.2. The highest BCUT2D eigenvalue weighted by atomic mass is 32.2. The fourth-order valence-corrected chi connectivity index (χ4v) is 3.26. The summed E-state index contributed by atoms with van der Waals surface area (Å²) in [6, 6.07) is 13.9. The lowest BCUT2D eigenvalue weighted by molar-refractivity contribution is 0.0948. The number of nitrogens with one attached hydrogen (secondary N) is 2. The Hall–Kier alpha value is -3.13. The van der Waals surface area contributed by atoms with Crippen molar-refractivity contribution in [3.8, 4) is 0 Å². The number of halogens is 1. The summed E-state index contributed by atoms with van der Waals surface area (Å²) in [5.74, 6) is -0.203. The third-order valence-electron chi connectivity index (χ3n) is 3.53. The minimum Gasteiger partial charge on any atom is -0.467 e. The van der Waals surface area contributed by atoms with Crippen LogP contribution in [0, 0.1) is 5.82 Å². The predicted octanol–water partition coefficient (Wildman–Crippen LogP) is 3.15. The summed E-state index contributed by atoms with van der Waals surface area (Å²) >= 11 is 0. The van der Waals surface area contributed by atoms with Gasteiger partial charge in [0, 0.05) is 11.3 Å². The molecule has 3 rings (SSSR count). The van der Waals surface area contributed by atoms with E-state index in [2.05, 4.69) is 10.0 Å². The molecule has 3 aromatic rings. The van der Waals surface area contributed by atoms with Crippen molar-refractivity contribution < 1.29 is 22.0 Å². The molecule has 0 saturated heterocycles. The van der Waals surface area contributed by atoms with Crippen molar-refractivity contribution >= 4 is 21.6 Å². The van der Waals surface area contributed by atoms with Gasteiger partial charge in [-0.05, 0) is 60.7 Å². The zero-order valence-electron chi connectivity index (χ0n) is 13.5. The van der Waals surface area contributed by atoms with Crippen molar-refractivity contribution in [2.45, 2.75) is 11.4 Å². The molecule has 0 aliphatic rings. The third-order valence-corrected chi connectivity index (χ3v) is 4.92. The topological polar surface area (TPSA) is 88.4 Å². The second-order valence-corrected chi connectivity index (χ2v) is 7.08. The van der Waals surface area contributed by atoms with Gasteiger partial charge >= 0.3 is 0 Å². The lowest BCUT2D eigenvalue weighted by Gasteiger charge is -2.09. The first-order chi connectivity index (χ1) is 12.4. The van der Waals surface area contributed by atoms with E-state index in [-0.39, 0.29) is 23.0 Å². The van der Waals surface area contributed by atoms with Gasteiger partial charge < -0.3 is 9.73 Å². The van der Waals surface area contributed by atoms with Gasteiger partial charge in [-0.2, -0.15) is 0 Å². The maximum atomic E-state index is 12.9. The Kier molecular flexibility index (Phi) is 5.04. The molecule has 0 bridgehead atoms. The zero-order chi connectivity index (χ0) is 18.6. The Balaban J connectivity index is 1.65. The van der Waals surface area contributed by atoms with Gasteiger partial charge in [-0.3, -0.25) is 9.52 Å². The van der Waals surface area contributed by atoms with Gasteiger partial charge in [-0.1, -0.05) is 0 Å². The van der Waals surface area contributed by atoms with E-state index in [9.17, 15) is 17.6 Å². The van der Waals surface area contributed by atoms with E-state index in [4.69, 9.17) is 4.42 Å². The molecular formula is C18H15FN2O4S. The standard InChI is InChI=1S/C18H15FN2O4S/c19-14-5-9-17(10-6-14)26(23,24)21-15-7-3-13(4-8-15)18(22)20-12-16-2-1-11-25-16/h1-11,21H,12H2,(H,20,22). The smallest absolute Gasteiger partial charge is 0.261 e. The molecule has 134 valence electrons. The molecular weight excluding hydrogens is 359 g/mol. The minimum absolute atomic E-state index is 0.0563. The van der Waals surface area contributed by atoms with Crippen molar-refractivity contribution in [1.29, 1.82) is 0 Å². The van der Waals surface area contributed by atoms with Crippen LogP contribution in [0.3, 0.4) is 0 Å². The monoisotopic (exact) mass is 374 g/mol. The molecule has 2 N–H and O–H groups in total. The summed E-state index contributed by atoms with van der Waals surface area (Å²) in [5, 5.41) is 2.69. The molecule has 8 heteroatoms. The highest BCUT2D eigenvalue weighted by Crippen LogP contribution is 2.17. The quantitative estimate of drug-likeness (QED) is 0.694. The largest absolute Gasteiger partial charge is 0.467 e. The van der Waals surface area contributed by atoms with E-state index in [1.807, 2.05) is 0 Å². The number of benzene rings is 2. The van der Waals surface area contributed by atoms with Crippen LogP contribution in [-0.4, -0.2) is 14.3 Å². The number of hydrogen-bond acceptors (Lipinski definition) is 4. The van der Waals surface area contributed by atoms with Crippen LogP contribution in [-0.2, 0) is 16.6 Å². The third kappa shape index (κ3) is 4.28. The van der Waals surface area contributed by atoms with Gasteiger partial charge in [0.1, 0.15) is 11.6 Å². The van der Waals surface area contributed by atoms with Crippen LogP contribution in [0.4, 0.5) is 10.1 Å². The van der Waals surface area contributed by atoms with Gasteiger partial charge in [-0.15, -0.1) is 0 Å². The van der Waals surface area contributed by atoms with Gasteiger partial charge in [0.2, 0.25) is 0 Å². The Labute approximate surface area is 149 Å². The maximum absolute atomic E-state index is 12.9. The average molecular weight is 374 g/mol. The molecule has 0 saturated carbocycles. The highest BCUT2D eigenvalue weighted by Gasteiger charge is 2.14. The molecule has 0 aliphatic carbocycles. The molecule has 0 spiro atoms. The minimum atomic E-state index is -3.83. The first kappa shape index (κ1) is 17.7. The predicted molar refractivity (Wildman–Crippen MR) is 93.5 cm³/mol. The Morgan fingerprint density at radius 1 is 1.00 bits per heavy atom. The fraction of sp³-hybridized carbons (Fsp3) is 0.0556. The Morgan fingerprint density at radius 2 is 1.69 bits per heavy atom. The van der Waals surface area contributed by atoms with E-state index in [1.54, 1.807) is 12.1 Å². The molecule has 2 aromatic carbocycles. The van der Waals surface area contributed by atoms with Crippen LogP contribution >= 0.6 is 0 Å². The van der Waals surface area contributed by atoms with Crippen LogP contribution < -0.4 is 10.0 Å². The molecule has 0 unspecified atom stereocenters. The number of carbonyl (C=O) groups is 1. The molecule has 6 nitrogen and oxygen atoms in total. The Morgan fingerprint density at radius 3 is 2.31 bits per heavy atom. The average Bonchev–Trinajstić information content (AvgIpc) is 3.14. The highest BCUT2D eigenvalue weighted by molar-refractivity contribution is 7.92. The number of rotatable bonds is 6. The first-order valence-electron chi connectivity index (χ1n) is 7.63. The van der Waals surface area contributed by atoms with Crippen molar-refractivity contribution in [3.63, 3.8) is 0 Å². The summed E-state index contributed by atoms with van der Waals surface area (Å²) in [6.45, 7) is 0.255. The SMILES string of the molecule is O=C(NCc1ccco1)c1ccc(NS(=O)(=O)c2ccc(F)cc2)cc1. The zero-order valence-corrected chi connectivity index (χ0v) is 14.3. The van der Waals surface area contributed by atoms with Crippen molar-refractivity contribution in [2.24, 2.45) is 0 Å². The number of hydrogen-bond donors (Lipinski definition) is 2. The molecule has 26 heavy (non-hydrogen) atoms. The molecule has 1 amide bonds. The summed E-state index contributed by atoms with van der Waals surface area (Å²) < 4.78 is 44.9. The first-order valence-corrected chi connectivity index (χ1v) is 9.11. The maximum Gasteiger partial charge on any atom is 0.261 e. The number of carbonyl (C=O) groups excluding carboxylic acids is 1. The number of amides is 1. The fourth-order valence-electron chi connectivity index (χ4n) is 2.20. The van der Waals surface area contributed by atoms with Crippen LogP contribution in [0.2, 0.25) is 0 Å². The number of sulfonamides is 1. The Bertz CT molecular complexity index is 983. The van der Waals surface area contributed by atoms with E-state index >= 15 is 0 Å². The second kappa shape index (κ2) is 7.40. The van der Waals surface area contributed by atoms with Crippen LogP contribution in [0.5, 0.6) is 0 Å². The summed E-state index contributed by atoms with van der Waals surface area (Å²) in [6.07, 6.45) is 1.52. The molecule has 0 fully saturated rings. The normalized spacial score (nSPS) is 11.1. The van der Waals surface area contributed by atoms with E-state index in [0.29, 0.717) is 11.3 Å². The summed E-state index contributed by atoms with van der Waals surface area (Å²) in [7, 11) is -3.83. The lowest BCUT2D eigenvalue weighted by Crippen LogP contribution is -2.22. The van der Waals surface area contributed by atoms with Crippen LogP contribution in [0.15, 0.2) is 76.2 Å². The molecule has 0 aliphatic heterocycles. The van der Waals surface area contributed by atoms with Crippen LogP contribution in [0.1, 0.15) is 16.1 Å².